The number of hydrogen-bond acceptors (Lipinski definition) is 8. The molecule has 8 heteroatoms. The van der Waals surface area contributed by atoms with Gasteiger partial charge in [0.1, 0.15) is 22.8 Å². The molecule has 1 aliphatic rings. The lowest BCUT2D eigenvalue weighted by Crippen LogP contribution is -2.28. The number of fused-ring (bicyclic) bond motifs is 1. The molecule has 2 aromatic rings. The Morgan fingerprint density at radius 3 is 2.19 bits per heavy atom. The van der Waals surface area contributed by atoms with E-state index in [1.807, 2.05) is 24.3 Å². The first-order valence-corrected chi connectivity index (χ1v) is 10.3. The average Bonchev–Trinajstić information content (AvgIpc) is 2.78. The van der Waals surface area contributed by atoms with Gasteiger partial charge in [0.05, 0.1) is 33.9 Å². The largest absolute Gasteiger partial charge is 0.497 e. The monoisotopic (exact) mass is 441 g/mol. The summed E-state index contributed by atoms with van der Waals surface area (Å²) in [5.74, 6) is -0.110. The number of benzene rings is 2. The van der Waals surface area contributed by atoms with Gasteiger partial charge in [-0.15, -0.1) is 0 Å². The molecule has 0 aromatic heterocycles. The molecule has 0 amide bonds. The minimum absolute atomic E-state index is 0.0794. The van der Waals surface area contributed by atoms with Crippen molar-refractivity contribution in [2.24, 2.45) is 5.73 Å². The lowest BCUT2D eigenvalue weighted by Gasteiger charge is -2.28. The molecule has 1 unspecified atom stereocenters. The Hall–Kier alpha value is -3.68. The molecular weight excluding hydrogens is 414 g/mol. The lowest BCUT2D eigenvalue weighted by atomic mass is 9.84. The highest BCUT2D eigenvalue weighted by molar-refractivity contribution is 5.93. The second kappa shape index (κ2) is 10.1. The summed E-state index contributed by atoms with van der Waals surface area (Å²) in [6.07, 6.45) is -0.0794. The number of rotatable bonds is 8. The molecule has 0 radical (unpaired) electrons. The molecule has 0 saturated carbocycles. The van der Waals surface area contributed by atoms with Crippen molar-refractivity contribution in [2.45, 2.75) is 26.2 Å². The second-order valence-electron chi connectivity index (χ2n) is 7.02. The number of hydrogen-bond donors (Lipinski definition) is 1. The molecule has 3 rings (SSSR count). The fourth-order valence-corrected chi connectivity index (χ4v) is 3.62. The van der Waals surface area contributed by atoms with Gasteiger partial charge in [0.2, 0.25) is 5.88 Å². The maximum Gasteiger partial charge on any atom is 0.340 e. The molecule has 0 saturated heterocycles. The molecule has 32 heavy (non-hydrogen) atoms. The number of esters is 2. The third-order valence-corrected chi connectivity index (χ3v) is 5.08. The van der Waals surface area contributed by atoms with Gasteiger partial charge in [-0.3, -0.25) is 4.79 Å². The zero-order chi connectivity index (χ0) is 23.3. The Morgan fingerprint density at radius 1 is 0.938 bits per heavy atom. The molecule has 1 atom stereocenters. The van der Waals surface area contributed by atoms with Crippen LogP contribution >= 0.6 is 0 Å². The quantitative estimate of drug-likeness (QED) is 0.620. The van der Waals surface area contributed by atoms with Gasteiger partial charge in [0.15, 0.2) is 0 Å². The summed E-state index contributed by atoms with van der Waals surface area (Å²) in [6.45, 7) is 3.81. The summed E-state index contributed by atoms with van der Waals surface area (Å²) < 4.78 is 26.8. The summed E-state index contributed by atoms with van der Waals surface area (Å²) >= 11 is 0. The molecule has 170 valence electrons. The molecule has 0 aliphatic carbocycles. The predicted octanol–water partition coefficient (Wildman–Crippen LogP) is 3.53. The van der Waals surface area contributed by atoms with Gasteiger partial charge in [-0.2, -0.15) is 0 Å². The summed E-state index contributed by atoms with van der Waals surface area (Å²) in [4.78, 5) is 25.0. The van der Waals surface area contributed by atoms with Gasteiger partial charge >= 0.3 is 11.9 Å². The highest BCUT2D eigenvalue weighted by atomic mass is 16.5. The van der Waals surface area contributed by atoms with Crippen LogP contribution < -0.4 is 19.9 Å². The van der Waals surface area contributed by atoms with E-state index in [9.17, 15) is 9.59 Å². The zero-order valence-corrected chi connectivity index (χ0v) is 18.6. The predicted molar refractivity (Wildman–Crippen MR) is 117 cm³/mol. The van der Waals surface area contributed by atoms with Crippen LogP contribution in [-0.4, -0.2) is 39.4 Å². The third kappa shape index (κ3) is 4.80. The highest BCUT2D eigenvalue weighted by Gasteiger charge is 2.36. The van der Waals surface area contributed by atoms with Gasteiger partial charge < -0.3 is 29.4 Å². The van der Waals surface area contributed by atoms with Crippen molar-refractivity contribution in [3.8, 4) is 28.4 Å². The van der Waals surface area contributed by atoms with Crippen LogP contribution in [0.5, 0.6) is 17.2 Å². The van der Waals surface area contributed by atoms with Crippen molar-refractivity contribution < 1.29 is 33.3 Å². The first-order valence-electron chi connectivity index (χ1n) is 10.3. The molecule has 2 N–H and O–H groups in total. The molecule has 0 spiro atoms. The van der Waals surface area contributed by atoms with E-state index < -0.39 is 17.9 Å². The Kier molecular flexibility index (Phi) is 7.25. The van der Waals surface area contributed by atoms with Gasteiger partial charge in [0, 0.05) is 17.5 Å². The van der Waals surface area contributed by atoms with Gasteiger partial charge in [0.25, 0.3) is 0 Å². The maximum absolute atomic E-state index is 12.7. The summed E-state index contributed by atoms with van der Waals surface area (Å²) in [5.41, 5.74) is 8.45. The van der Waals surface area contributed by atoms with Crippen molar-refractivity contribution in [1.82, 2.24) is 0 Å². The first kappa shape index (κ1) is 23.0. The maximum atomic E-state index is 12.7. The Balaban J connectivity index is 2.11. The molecular formula is C24H27NO7. The van der Waals surface area contributed by atoms with E-state index in [1.54, 1.807) is 40.2 Å². The smallest absolute Gasteiger partial charge is 0.340 e. The third-order valence-electron chi connectivity index (χ3n) is 5.08. The van der Waals surface area contributed by atoms with Crippen LogP contribution in [0.25, 0.3) is 11.1 Å². The van der Waals surface area contributed by atoms with E-state index in [4.69, 9.17) is 29.4 Å². The van der Waals surface area contributed by atoms with Crippen molar-refractivity contribution in [1.29, 1.82) is 0 Å². The molecule has 1 heterocycles. The topological polar surface area (TPSA) is 106 Å². The Labute approximate surface area is 186 Å². The lowest BCUT2D eigenvalue weighted by molar-refractivity contribution is -0.143. The second-order valence-corrected chi connectivity index (χ2v) is 7.02. The fourth-order valence-electron chi connectivity index (χ4n) is 3.62. The van der Waals surface area contributed by atoms with Crippen LogP contribution in [0.3, 0.4) is 0 Å². The van der Waals surface area contributed by atoms with Crippen LogP contribution in [0.15, 0.2) is 47.9 Å². The number of nitrogens with two attached hydrogens (primary N) is 1. The van der Waals surface area contributed by atoms with Crippen LogP contribution in [0.1, 0.15) is 31.7 Å². The minimum Gasteiger partial charge on any atom is -0.497 e. The van der Waals surface area contributed by atoms with Crippen LogP contribution in [-0.2, 0) is 19.1 Å². The van der Waals surface area contributed by atoms with Crippen molar-refractivity contribution in [3.63, 3.8) is 0 Å². The normalized spacial score (nSPS) is 14.8. The van der Waals surface area contributed by atoms with E-state index in [2.05, 4.69) is 0 Å². The van der Waals surface area contributed by atoms with Crippen molar-refractivity contribution >= 4 is 11.9 Å². The van der Waals surface area contributed by atoms with Crippen LogP contribution in [0.2, 0.25) is 0 Å². The van der Waals surface area contributed by atoms with Gasteiger partial charge in [-0.05, 0) is 49.2 Å². The molecule has 2 aromatic carbocycles. The number of carbonyl (C=O) groups excluding carboxylic acids is 2. The standard InChI is InChI=1S/C24H27NO7/c1-5-30-21(26)13-19-18-11-14(15-9-16(28-3)12-17(10-15)29-4)7-8-20(18)32-23(25)22(19)24(27)31-6-2/h7-12,19H,5-6,13,25H2,1-4H3. The van der Waals surface area contributed by atoms with E-state index >= 15 is 0 Å². The number of carbonyl (C=O) groups is 2. The molecule has 1 aliphatic heterocycles. The Morgan fingerprint density at radius 2 is 1.59 bits per heavy atom. The Bertz CT molecular complexity index is 1020. The van der Waals surface area contributed by atoms with Gasteiger partial charge in [-0.25, -0.2) is 4.79 Å². The summed E-state index contributed by atoms with van der Waals surface area (Å²) in [6, 6.07) is 11.0. The van der Waals surface area contributed by atoms with Crippen molar-refractivity contribution in [3.05, 3.63) is 53.4 Å². The van der Waals surface area contributed by atoms with Gasteiger partial charge in [-0.1, -0.05) is 6.07 Å². The van der Waals surface area contributed by atoms with Crippen LogP contribution in [0.4, 0.5) is 0 Å². The van der Waals surface area contributed by atoms with Crippen molar-refractivity contribution in [2.75, 3.05) is 27.4 Å². The molecule has 0 fully saturated rings. The van der Waals surface area contributed by atoms with E-state index in [0.29, 0.717) is 22.8 Å². The zero-order valence-electron chi connectivity index (χ0n) is 18.6. The van der Waals surface area contributed by atoms with E-state index in [-0.39, 0.29) is 31.1 Å². The molecule has 8 nitrogen and oxygen atoms in total. The molecule has 0 bridgehead atoms. The summed E-state index contributed by atoms with van der Waals surface area (Å²) in [7, 11) is 3.15. The first-order chi connectivity index (χ1) is 15.4. The van der Waals surface area contributed by atoms with E-state index in [0.717, 1.165) is 11.1 Å². The number of methoxy groups -OCH3 is 2. The fraction of sp³-hybridized carbons (Fsp3) is 0.333. The highest BCUT2D eigenvalue weighted by Crippen LogP contribution is 2.43. The SMILES string of the molecule is CCOC(=O)CC1C(C(=O)OCC)=C(N)Oc2ccc(-c3cc(OC)cc(OC)c3)cc21. The summed E-state index contributed by atoms with van der Waals surface area (Å²) in [5, 5.41) is 0. The number of ether oxygens (including phenoxy) is 5. The minimum atomic E-state index is -0.677. The van der Waals surface area contributed by atoms with Crippen LogP contribution in [0, 0.1) is 0 Å². The average molecular weight is 441 g/mol. The van der Waals surface area contributed by atoms with E-state index in [1.165, 1.54) is 0 Å².